The Kier molecular flexibility index (Phi) is 4.72. The summed E-state index contributed by atoms with van der Waals surface area (Å²) in [6.07, 6.45) is 3.81. The first-order valence-electron chi connectivity index (χ1n) is 8.26. The number of thiophene rings is 1. The van der Waals surface area contributed by atoms with Gasteiger partial charge in [0.15, 0.2) is 5.79 Å². The predicted molar refractivity (Wildman–Crippen MR) is 88.4 cm³/mol. The van der Waals surface area contributed by atoms with Crippen molar-refractivity contribution < 1.29 is 14.3 Å². The van der Waals surface area contributed by atoms with Gasteiger partial charge in [-0.3, -0.25) is 4.79 Å². The minimum absolute atomic E-state index is 0.00601. The van der Waals surface area contributed by atoms with Gasteiger partial charge >= 0.3 is 0 Å². The van der Waals surface area contributed by atoms with E-state index in [-0.39, 0.29) is 11.8 Å². The summed E-state index contributed by atoms with van der Waals surface area (Å²) in [7, 11) is 0. The van der Waals surface area contributed by atoms with Crippen LogP contribution in [-0.4, -0.2) is 24.9 Å². The maximum absolute atomic E-state index is 12.3. The van der Waals surface area contributed by atoms with Crippen molar-refractivity contribution >= 4 is 22.2 Å². The first kappa shape index (κ1) is 16.4. The van der Waals surface area contributed by atoms with Crippen molar-refractivity contribution in [2.75, 3.05) is 18.5 Å². The highest BCUT2D eigenvalue weighted by Crippen LogP contribution is 2.43. The van der Waals surface area contributed by atoms with Crippen molar-refractivity contribution in [3.05, 3.63) is 16.0 Å². The number of hydrogen-bond acceptors (Lipinski definition) is 5. The summed E-state index contributed by atoms with van der Waals surface area (Å²) in [4.78, 5) is 13.4. The topological polar surface area (TPSA) is 71.4 Å². The molecule has 5 nitrogen and oxygen atoms in total. The molecule has 2 aliphatic rings. The number of hydrogen-bond donors (Lipinski definition) is 1. The first-order valence-corrected chi connectivity index (χ1v) is 9.07. The molecule has 0 unspecified atom stereocenters. The largest absolute Gasteiger partial charge is 0.347 e. The Labute approximate surface area is 140 Å². The molecule has 0 radical (unpaired) electrons. The van der Waals surface area contributed by atoms with E-state index in [1.165, 1.54) is 11.3 Å². The van der Waals surface area contributed by atoms with Gasteiger partial charge in [-0.05, 0) is 24.8 Å². The summed E-state index contributed by atoms with van der Waals surface area (Å²) in [5, 5.41) is 13.2. The summed E-state index contributed by atoms with van der Waals surface area (Å²) in [5.74, 6) is -0.511. The van der Waals surface area contributed by atoms with E-state index in [2.05, 4.69) is 11.4 Å². The zero-order valence-electron chi connectivity index (χ0n) is 13.6. The van der Waals surface area contributed by atoms with Gasteiger partial charge in [0.1, 0.15) is 11.1 Å². The molecule has 1 fully saturated rings. The average molecular weight is 334 g/mol. The third-order valence-electron chi connectivity index (χ3n) is 4.79. The van der Waals surface area contributed by atoms with Crippen molar-refractivity contribution in [1.82, 2.24) is 0 Å². The monoisotopic (exact) mass is 334 g/mol. The minimum Gasteiger partial charge on any atom is -0.347 e. The quantitative estimate of drug-likeness (QED) is 0.917. The van der Waals surface area contributed by atoms with Gasteiger partial charge in [-0.1, -0.05) is 13.8 Å². The van der Waals surface area contributed by atoms with Crippen LogP contribution in [-0.2, 0) is 27.1 Å². The van der Waals surface area contributed by atoms with Crippen molar-refractivity contribution in [2.45, 2.75) is 51.7 Å². The third kappa shape index (κ3) is 3.01. The molecule has 1 aliphatic heterocycles. The van der Waals surface area contributed by atoms with E-state index in [1.807, 2.05) is 13.8 Å². The van der Waals surface area contributed by atoms with Gasteiger partial charge in [-0.25, -0.2) is 0 Å². The third-order valence-corrected chi connectivity index (χ3v) is 5.94. The molecule has 1 saturated heterocycles. The molecule has 1 aromatic rings. The number of carbonyl (C=O) groups is 1. The van der Waals surface area contributed by atoms with Crippen molar-refractivity contribution in [2.24, 2.45) is 5.92 Å². The van der Waals surface area contributed by atoms with Crippen LogP contribution in [0.1, 0.15) is 49.1 Å². The fourth-order valence-corrected chi connectivity index (χ4v) is 4.68. The Morgan fingerprint density at radius 3 is 2.70 bits per heavy atom. The zero-order valence-corrected chi connectivity index (χ0v) is 14.4. The van der Waals surface area contributed by atoms with Gasteiger partial charge in [0.2, 0.25) is 5.91 Å². The SMILES string of the molecule is CCC(CC)C(=O)Nc1sc2c(c1C#N)CCC1(C2)OCCO1. The van der Waals surface area contributed by atoms with Crippen molar-refractivity contribution in [3.8, 4) is 6.07 Å². The molecule has 0 saturated carbocycles. The number of nitrogens with zero attached hydrogens (tertiary/aromatic N) is 1. The van der Waals surface area contributed by atoms with E-state index in [1.54, 1.807) is 0 Å². The Hall–Kier alpha value is -1.42. The van der Waals surface area contributed by atoms with Crippen LogP contribution < -0.4 is 5.32 Å². The number of fused-ring (bicyclic) bond motifs is 1. The van der Waals surface area contributed by atoms with E-state index >= 15 is 0 Å². The highest BCUT2D eigenvalue weighted by molar-refractivity contribution is 7.16. The molecule has 124 valence electrons. The second kappa shape index (κ2) is 6.60. The number of ether oxygens (including phenoxy) is 2. The summed E-state index contributed by atoms with van der Waals surface area (Å²) < 4.78 is 11.6. The molecular formula is C17H22N2O3S. The predicted octanol–water partition coefficient (Wildman–Crippen LogP) is 3.23. The number of amides is 1. The molecule has 1 aromatic heterocycles. The molecule has 0 bridgehead atoms. The standard InChI is InChI=1S/C17H22N2O3S/c1-3-11(4-2)15(20)19-16-13(10-18)12-5-6-17(9-14(12)23-16)21-7-8-22-17/h11H,3-9H2,1-2H3,(H,19,20). The molecule has 1 aliphatic carbocycles. The molecule has 1 spiro atoms. The average Bonchev–Trinajstić information content (AvgIpc) is 3.12. The van der Waals surface area contributed by atoms with E-state index < -0.39 is 5.79 Å². The first-order chi connectivity index (χ1) is 11.1. The summed E-state index contributed by atoms with van der Waals surface area (Å²) in [6, 6.07) is 2.28. The smallest absolute Gasteiger partial charge is 0.228 e. The molecule has 1 amide bonds. The van der Waals surface area contributed by atoms with Gasteiger partial charge in [0, 0.05) is 23.6 Å². The lowest BCUT2D eigenvalue weighted by molar-refractivity contribution is -0.163. The second-order valence-corrected chi connectivity index (χ2v) is 7.21. The maximum Gasteiger partial charge on any atom is 0.228 e. The van der Waals surface area contributed by atoms with Crippen LogP contribution in [0.25, 0.3) is 0 Å². The van der Waals surface area contributed by atoms with E-state index in [0.717, 1.165) is 36.1 Å². The highest BCUT2D eigenvalue weighted by Gasteiger charge is 2.42. The minimum atomic E-state index is -0.513. The van der Waals surface area contributed by atoms with Crippen LogP contribution >= 0.6 is 11.3 Å². The Balaban J connectivity index is 1.85. The van der Waals surface area contributed by atoms with Crippen LogP contribution in [0.3, 0.4) is 0 Å². The molecular weight excluding hydrogens is 312 g/mol. The Morgan fingerprint density at radius 1 is 1.39 bits per heavy atom. The van der Waals surface area contributed by atoms with Crippen LogP contribution in [0.2, 0.25) is 0 Å². The molecule has 6 heteroatoms. The lowest BCUT2D eigenvalue weighted by atomic mass is 9.91. The number of nitriles is 1. The van der Waals surface area contributed by atoms with Gasteiger partial charge in [-0.2, -0.15) is 5.26 Å². The van der Waals surface area contributed by atoms with E-state index in [0.29, 0.717) is 30.2 Å². The highest BCUT2D eigenvalue weighted by atomic mass is 32.1. The zero-order chi connectivity index (χ0) is 16.4. The second-order valence-electron chi connectivity index (χ2n) is 6.11. The number of rotatable bonds is 4. The van der Waals surface area contributed by atoms with Crippen LogP contribution in [0.15, 0.2) is 0 Å². The summed E-state index contributed by atoms with van der Waals surface area (Å²) in [6.45, 7) is 5.28. The summed E-state index contributed by atoms with van der Waals surface area (Å²) in [5.41, 5.74) is 1.68. The van der Waals surface area contributed by atoms with Crippen molar-refractivity contribution in [1.29, 1.82) is 5.26 Å². The summed E-state index contributed by atoms with van der Waals surface area (Å²) >= 11 is 1.50. The van der Waals surface area contributed by atoms with Gasteiger partial charge < -0.3 is 14.8 Å². The molecule has 3 rings (SSSR count). The van der Waals surface area contributed by atoms with Gasteiger partial charge in [0.25, 0.3) is 0 Å². The lowest BCUT2D eigenvalue weighted by Crippen LogP contribution is -2.36. The van der Waals surface area contributed by atoms with E-state index in [4.69, 9.17) is 9.47 Å². The van der Waals surface area contributed by atoms with Gasteiger partial charge in [-0.15, -0.1) is 11.3 Å². The normalized spacial score (nSPS) is 18.9. The number of carbonyl (C=O) groups excluding carboxylic acids is 1. The molecule has 0 atom stereocenters. The van der Waals surface area contributed by atoms with E-state index in [9.17, 15) is 10.1 Å². The maximum atomic E-state index is 12.3. The fourth-order valence-electron chi connectivity index (χ4n) is 3.39. The van der Waals surface area contributed by atoms with Gasteiger partial charge in [0.05, 0.1) is 18.8 Å². The Bertz CT molecular complexity index is 637. The molecule has 0 aromatic carbocycles. The van der Waals surface area contributed by atoms with Crippen LogP contribution in [0.5, 0.6) is 0 Å². The molecule has 1 N–H and O–H groups in total. The molecule has 23 heavy (non-hydrogen) atoms. The number of anilines is 1. The van der Waals surface area contributed by atoms with Crippen LogP contribution in [0.4, 0.5) is 5.00 Å². The Morgan fingerprint density at radius 2 is 2.09 bits per heavy atom. The number of nitrogens with one attached hydrogen (secondary N) is 1. The fraction of sp³-hybridized carbons (Fsp3) is 0.647. The van der Waals surface area contributed by atoms with Crippen molar-refractivity contribution in [3.63, 3.8) is 0 Å². The lowest BCUT2D eigenvalue weighted by Gasteiger charge is -2.31. The molecule has 2 heterocycles. The van der Waals surface area contributed by atoms with Crippen LogP contribution in [0, 0.1) is 17.2 Å².